The van der Waals surface area contributed by atoms with Crippen molar-refractivity contribution in [3.63, 3.8) is 0 Å². The van der Waals surface area contributed by atoms with E-state index in [2.05, 4.69) is 75.1 Å². The summed E-state index contributed by atoms with van der Waals surface area (Å²) < 4.78 is 0. The number of rotatable bonds is 2. The van der Waals surface area contributed by atoms with Gasteiger partial charge in [0, 0.05) is 58.0 Å². The van der Waals surface area contributed by atoms with Crippen LogP contribution in [0.3, 0.4) is 0 Å². The van der Waals surface area contributed by atoms with Crippen LogP contribution in [-0.2, 0) is 0 Å². The molecule has 0 saturated carbocycles. The van der Waals surface area contributed by atoms with Crippen LogP contribution in [0.15, 0.2) is 75.4 Å². The van der Waals surface area contributed by atoms with E-state index in [-0.39, 0.29) is 11.9 Å². The third-order valence-corrected chi connectivity index (χ3v) is 7.63. The Bertz CT molecular complexity index is 1270. The number of hydrogen-bond acceptors (Lipinski definition) is 4. The highest BCUT2D eigenvalue weighted by Gasteiger charge is 2.28. The van der Waals surface area contributed by atoms with E-state index in [0.717, 1.165) is 29.4 Å². The first-order valence-electron chi connectivity index (χ1n) is 11.5. The second-order valence-corrected chi connectivity index (χ2v) is 10.2. The molecule has 2 aliphatic rings. The fourth-order valence-electron chi connectivity index (χ4n) is 4.71. The summed E-state index contributed by atoms with van der Waals surface area (Å²) in [5, 5.41) is 0. The highest BCUT2D eigenvalue weighted by Crippen LogP contribution is 2.41. The summed E-state index contributed by atoms with van der Waals surface area (Å²) >= 11 is 1.73. The fraction of sp³-hybridized carbons (Fsp3) is 0.286. The van der Waals surface area contributed by atoms with Crippen LogP contribution in [0.5, 0.6) is 0 Å². The molecular formula is C28H29N3OS. The van der Waals surface area contributed by atoms with Gasteiger partial charge in [0.2, 0.25) is 0 Å². The molecule has 0 unspecified atom stereocenters. The summed E-state index contributed by atoms with van der Waals surface area (Å²) in [5.41, 5.74) is 7.47. The van der Waals surface area contributed by atoms with Gasteiger partial charge in [0.1, 0.15) is 0 Å². The van der Waals surface area contributed by atoms with Crippen molar-refractivity contribution in [1.82, 2.24) is 4.90 Å². The minimum atomic E-state index is 0.0870. The number of aliphatic imine (C=N–C) groups is 1. The van der Waals surface area contributed by atoms with E-state index in [9.17, 15) is 4.79 Å². The van der Waals surface area contributed by atoms with Crippen LogP contribution >= 0.6 is 11.8 Å². The largest absolute Gasteiger partial charge is 0.365 e. The van der Waals surface area contributed by atoms with Gasteiger partial charge in [-0.1, -0.05) is 35.5 Å². The molecule has 4 nitrogen and oxygen atoms in total. The van der Waals surface area contributed by atoms with Gasteiger partial charge in [0.05, 0.1) is 5.69 Å². The molecule has 1 atom stereocenters. The smallest absolute Gasteiger partial charge is 0.254 e. The Labute approximate surface area is 200 Å². The first-order valence-corrected chi connectivity index (χ1v) is 12.3. The number of carbonyl (C=O) groups is 1. The molecule has 5 rings (SSSR count). The number of piperazine rings is 1. The summed E-state index contributed by atoms with van der Waals surface area (Å²) in [6, 6.07) is 21.3. The zero-order valence-corrected chi connectivity index (χ0v) is 20.4. The summed E-state index contributed by atoms with van der Waals surface area (Å²) in [6.45, 7) is 10.7. The zero-order chi connectivity index (χ0) is 23.1. The van der Waals surface area contributed by atoms with Crippen LogP contribution < -0.4 is 4.90 Å². The van der Waals surface area contributed by atoms with Crippen LogP contribution in [0, 0.1) is 13.8 Å². The molecule has 2 aliphatic heterocycles. The second kappa shape index (κ2) is 8.71. The van der Waals surface area contributed by atoms with Crippen LogP contribution in [-0.4, -0.2) is 42.2 Å². The van der Waals surface area contributed by atoms with Crippen molar-refractivity contribution in [2.24, 2.45) is 4.99 Å². The molecule has 3 aromatic carbocycles. The average Bonchev–Trinajstić information content (AvgIpc) is 2.93. The average molecular weight is 456 g/mol. The second-order valence-electron chi connectivity index (χ2n) is 9.11. The van der Waals surface area contributed by atoms with E-state index in [0.29, 0.717) is 12.1 Å². The maximum atomic E-state index is 13.4. The number of carbonyl (C=O) groups excluding carboxylic acids is 1. The van der Waals surface area contributed by atoms with Gasteiger partial charge >= 0.3 is 0 Å². The van der Waals surface area contributed by atoms with Gasteiger partial charge in [0.25, 0.3) is 5.91 Å². The molecule has 0 aliphatic carbocycles. The maximum absolute atomic E-state index is 13.4. The SMILES string of the molecule is CC1=Nc2cc(C(=O)N3CCN(c4cccc(C)c4)[C@H](C)C3)ccc2Sc2ccc(C)cc21. The summed E-state index contributed by atoms with van der Waals surface area (Å²) in [5.74, 6) is 0.0870. The molecule has 33 heavy (non-hydrogen) atoms. The maximum Gasteiger partial charge on any atom is 0.254 e. The lowest BCUT2D eigenvalue weighted by Crippen LogP contribution is -2.53. The van der Waals surface area contributed by atoms with Crippen molar-refractivity contribution >= 4 is 34.8 Å². The van der Waals surface area contributed by atoms with Gasteiger partial charge in [-0.3, -0.25) is 9.79 Å². The quantitative estimate of drug-likeness (QED) is 0.458. The molecule has 1 saturated heterocycles. The Hall–Kier alpha value is -3.05. The number of benzene rings is 3. The predicted molar refractivity (Wildman–Crippen MR) is 138 cm³/mol. The Balaban J connectivity index is 1.36. The molecule has 168 valence electrons. The number of aryl methyl sites for hydroxylation is 2. The molecule has 1 fully saturated rings. The van der Waals surface area contributed by atoms with Crippen LogP contribution in [0.25, 0.3) is 0 Å². The minimum absolute atomic E-state index is 0.0870. The molecule has 0 aromatic heterocycles. The number of anilines is 1. The Morgan fingerprint density at radius 2 is 1.73 bits per heavy atom. The van der Waals surface area contributed by atoms with Gasteiger partial charge in [-0.25, -0.2) is 0 Å². The molecule has 0 spiro atoms. The predicted octanol–water partition coefficient (Wildman–Crippen LogP) is 6.26. The first-order chi connectivity index (χ1) is 15.9. The van der Waals surface area contributed by atoms with E-state index in [1.807, 2.05) is 23.1 Å². The monoisotopic (exact) mass is 455 g/mol. The molecule has 2 heterocycles. The third-order valence-electron chi connectivity index (χ3n) is 6.49. The first kappa shape index (κ1) is 21.8. The van der Waals surface area contributed by atoms with Crippen LogP contribution in [0.4, 0.5) is 11.4 Å². The van der Waals surface area contributed by atoms with Crippen molar-refractivity contribution < 1.29 is 4.79 Å². The van der Waals surface area contributed by atoms with Crippen molar-refractivity contribution in [2.75, 3.05) is 24.5 Å². The van der Waals surface area contributed by atoms with Gasteiger partial charge in [-0.2, -0.15) is 0 Å². The zero-order valence-electron chi connectivity index (χ0n) is 19.6. The lowest BCUT2D eigenvalue weighted by Gasteiger charge is -2.41. The Morgan fingerprint density at radius 3 is 2.52 bits per heavy atom. The van der Waals surface area contributed by atoms with Crippen molar-refractivity contribution in [3.8, 4) is 0 Å². The van der Waals surface area contributed by atoms with E-state index in [1.165, 1.54) is 27.3 Å². The molecule has 1 amide bonds. The van der Waals surface area contributed by atoms with E-state index < -0.39 is 0 Å². The molecule has 5 heteroatoms. The van der Waals surface area contributed by atoms with Gasteiger partial charge < -0.3 is 9.80 Å². The Kier molecular flexibility index (Phi) is 5.75. The molecule has 0 radical (unpaired) electrons. The number of hydrogen-bond donors (Lipinski definition) is 0. The van der Waals surface area contributed by atoms with E-state index in [1.54, 1.807) is 11.8 Å². The fourth-order valence-corrected chi connectivity index (χ4v) is 5.75. The van der Waals surface area contributed by atoms with Gasteiger partial charge in [-0.15, -0.1) is 0 Å². The standard InChI is InChI=1S/C28H29N3OS/c1-18-6-5-7-23(14-18)31-13-12-30(17-20(31)3)28(32)22-9-11-27-25(16-22)29-21(4)24-15-19(2)8-10-26(24)33-27/h5-11,14-16,20H,12-13,17H2,1-4H3/t20-/m1/s1. The summed E-state index contributed by atoms with van der Waals surface area (Å²) in [7, 11) is 0. The molecular weight excluding hydrogens is 426 g/mol. The van der Waals surface area contributed by atoms with Crippen LogP contribution in [0.2, 0.25) is 0 Å². The minimum Gasteiger partial charge on any atom is -0.365 e. The molecule has 3 aromatic rings. The Morgan fingerprint density at radius 1 is 0.939 bits per heavy atom. The highest BCUT2D eigenvalue weighted by molar-refractivity contribution is 7.99. The van der Waals surface area contributed by atoms with Gasteiger partial charge in [0.15, 0.2) is 0 Å². The van der Waals surface area contributed by atoms with Crippen LogP contribution in [0.1, 0.15) is 40.9 Å². The molecule has 0 N–H and O–H groups in total. The normalized spacial score (nSPS) is 17.7. The van der Waals surface area contributed by atoms with E-state index in [4.69, 9.17) is 4.99 Å². The van der Waals surface area contributed by atoms with Gasteiger partial charge in [-0.05, 0) is 75.7 Å². The van der Waals surface area contributed by atoms with Crippen molar-refractivity contribution in [3.05, 3.63) is 82.9 Å². The lowest BCUT2D eigenvalue weighted by atomic mass is 10.1. The summed E-state index contributed by atoms with van der Waals surface area (Å²) in [4.78, 5) is 25.0. The van der Waals surface area contributed by atoms with E-state index >= 15 is 0 Å². The highest BCUT2D eigenvalue weighted by atomic mass is 32.2. The molecule has 0 bridgehead atoms. The number of amides is 1. The summed E-state index contributed by atoms with van der Waals surface area (Å²) in [6.07, 6.45) is 0. The number of fused-ring (bicyclic) bond motifs is 2. The van der Waals surface area contributed by atoms with Crippen molar-refractivity contribution in [2.45, 2.75) is 43.5 Å². The van der Waals surface area contributed by atoms with Crippen molar-refractivity contribution in [1.29, 1.82) is 0 Å². The number of nitrogens with zero attached hydrogens (tertiary/aromatic N) is 3. The third kappa shape index (κ3) is 4.30. The topological polar surface area (TPSA) is 35.9 Å². The lowest BCUT2D eigenvalue weighted by molar-refractivity contribution is 0.0726.